The van der Waals surface area contributed by atoms with E-state index in [9.17, 15) is 18.0 Å². The standard InChI is InChI=1S/C37H39BrClN3O4S/c1-27-11-8-9-18-34(27)42(47(45,46)33-21-19-31(39)20-22-33)26-36(43)41(25-29-14-10-15-30(38)23-29)35(24-28-12-4-2-5-13-28)37(44)40-32-16-6-3-7-17-32/h2,4-5,8-15,18-23,32,35H,3,6-7,16-17,24-26H2,1H3,(H,40,44). The first-order valence-electron chi connectivity index (χ1n) is 15.8. The summed E-state index contributed by atoms with van der Waals surface area (Å²) < 4.78 is 30.5. The predicted octanol–water partition coefficient (Wildman–Crippen LogP) is 7.70. The van der Waals surface area contributed by atoms with Gasteiger partial charge in [0.1, 0.15) is 12.6 Å². The third-order valence-corrected chi connectivity index (χ3v) is 11.0. The molecule has 0 aromatic heterocycles. The van der Waals surface area contributed by atoms with Crippen molar-refractivity contribution in [3.05, 3.63) is 129 Å². The van der Waals surface area contributed by atoms with Crippen LogP contribution in [-0.2, 0) is 32.6 Å². The molecule has 7 nitrogen and oxygen atoms in total. The Labute approximate surface area is 291 Å². The topological polar surface area (TPSA) is 86.8 Å². The largest absolute Gasteiger partial charge is 0.352 e. The maximum absolute atomic E-state index is 14.7. The van der Waals surface area contributed by atoms with Gasteiger partial charge in [-0.25, -0.2) is 8.42 Å². The van der Waals surface area contributed by atoms with Crippen LogP contribution in [0.15, 0.2) is 112 Å². The molecule has 0 heterocycles. The molecule has 2 amide bonds. The Kier molecular flexibility index (Phi) is 11.8. The summed E-state index contributed by atoms with van der Waals surface area (Å²) in [5.74, 6) is -0.738. The van der Waals surface area contributed by atoms with Gasteiger partial charge in [0.2, 0.25) is 11.8 Å². The summed E-state index contributed by atoms with van der Waals surface area (Å²) >= 11 is 9.62. The van der Waals surface area contributed by atoms with Gasteiger partial charge in [-0.1, -0.05) is 107 Å². The first-order valence-corrected chi connectivity index (χ1v) is 18.4. The number of nitrogens with one attached hydrogen (secondary N) is 1. The van der Waals surface area contributed by atoms with Crippen LogP contribution in [0.25, 0.3) is 0 Å². The summed E-state index contributed by atoms with van der Waals surface area (Å²) in [6, 6.07) is 29.3. The van der Waals surface area contributed by atoms with Gasteiger partial charge < -0.3 is 10.2 Å². The van der Waals surface area contributed by atoms with Gasteiger partial charge in [-0.3, -0.25) is 13.9 Å². The van der Waals surface area contributed by atoms with Crippen LogP contribution >= 0.6 is 27.5 Å². The molecule has 1 aliphatic carbocycles. The average Bonchev–Trinajstić information content (AvgIpc) is 3.06. The van der Waals surface area contributed by atoms with Gasteiger partial charge >= 0.3 is 0 Å². The van der Waals surface area contributed by atoms with Crippen LogP contribution in [-0.4, -0.2) is 43.8 Å². The fourth-order valence-electron chi connectivity index (χ4n) is 6.02. The van der Waals surface area contributed by atoms with Gasteiger partial charge in [-0.15, -0.1) is 0 Å². The van der Waals surface area contributed by atoms with Crippen molar-refractivity contribution in [2.45, 2.75) is 69.0 Å². The number of hydrogen-bond acceptors (Lipinski definition) is 4. The van der Waals surface area contributed by atoms with Gasteiger partial charge in [0.05, 0.1) is 10.6 Å². The maximum atomic E-state index is 14.7. The third kappa shape index (κ3) is 9.03. The van der Waals surface area contributed by atoms with Gasteiger partial charge in [0, 0.05) is 28.5 Å². The molecule has 1 N–H and O–H groups in total. The van der Waals surface area contributed by atoms with Crippen LogP contribution in [0.1, 0.15) is 48.8 Å². The van der Waals surface area contributed by atoms with E-state index in [4.69, 9.17) is 11.6 Å². The number of carbonyl (C=O) groups excluding carboxylic acids is 2. The fraction of sp³-hybridized carbons (Fsp3) is 0.297. The molecule has 10 heteroatoms. The summed E-state index contributed by atoms with van der Waals surface area (Å²) in [6.45, 7) is 1.40. The summed E-state index contributed by atoms with van der Waals surface area (Å²) in [5.41, 5.74) is 2.77. The number of hydrogen-bond donors (Lipinski definition) is 1. The fourth-order valence-corrected chi connectivity index (χ4v) is 8.07. The molecule has 1 aliphatic rings. The molecule has 246 valence electrons. The molecule has 1 unspecified atom stereocenters. The molecule has 0 radical (unpaired) electrons. The number of rotatable bonds is 12. The van der Waals surface area contributed by atoms with E-state index in [-0.39, 0.29) is 29.8 Å². The SMILES string of the molecule is Cc1ccccc1N(CC(=O)N(Cc1cccc(Br)c1)C(Cc1ccccc1)C(=O)NC1CCCCC1)S(=O)(=O)c1ccc(Cl)cc1. The molecule has 0 aliphatic heterocycles. The highest BCUT2D eigenvalue weighted by Crippen LogP contribution is 2.29. The zero-order chi connectivity index (χ0) is 33.4. The summed E-state index contributed by atoms with van der Waals surface area (Å²) in [5, 5.41) is 3.64. The zero-order valence-electron chi connectivity index (χ0n) is 26.3. The predicted molar refractivity (Wildman–Crippen MR) is 191 cm³/mol. The monoisotopic (exact) mass is 735 g/mol. The molecule has 5 rings (SSSR count). The van der Waals surface area contributed by atoms with Gasteiger partial charge in [0.15, 0.2) is 0 Å². The highest BCUT2D eigenvalue weighted by Gasteiger charge is 2.35. The van der Waals surface area contributed by atoms with Crippen LogP contribution in [0, 0.1) is 6.92 Å². The number of sulfonamides is 1. The van der Waals surface area contributed by atoms with E-state index >= 15 is 0 Å². The lowest BCUT2D eigenvalue weighted by molar-refractivity contribution is -0.140. The minimum Gasteiger partial charge on any atom is -0.352 e. The van der Waals surface area contributed by atoms with Crippen LogP contribution < -0.4 is 9.62 Å². The Morgan fingerprint density at radius 2 is 1.53 bits per heavy atom. The second kappa shape index (κ2) is 16.0. The maximum Gasteiger partial charge on any atom is 0.264 e. The van der Waals surface area contributed by atoms with Crippen molar-refractivity contribution in [1.29, 1.82) is 0 Å². The Balaban J connectivity index is 1.57. The van der Waals surface area contributed by atoms with Gasteiger partial charge in [-0.2, -0.15) is 0 Å². The molecule has 1 saturated carbocycles. The van der Waals surface area contributed by atoms with Crippen molar-refractivity contribution in [2.75, 3.05) is 10.8 Å². The van der Waals surface area contributed by atoms with Crippen LogP contribution in [0.4, 0.5) is 5.69 Å². The first-order chi connectivity index (χ1) is 22.6. The summed E-state index contributed by atoms with van der Waals surface area (Å²) in [4.78, 5) is 30.5. The average molecular weight is 737 g/mol. The minimum absolute atomic E-state index is 0.00682. The normalized spacial score (nSPS) is 14.3. The molecule has 0 saturated heterocycles. The lowest BCUT2D eigenvalue weighted by Gasteiger charge is -2.35. The molecule has 1 fully saturated rings. The van der Waals surface area contributed by atoms with Gasteiger partial charge in [0.25, 0.3) is 10.0 Å². The molecular formula is C37H39BrClN3O4S. The lowest BCUT2D eigenvalue weighted by atomic mass is 9.94. The molecule has 0 spiro atoms. The van der Waals surface area contributed by atoms with E-state index in [0.717, 1.165) is 52.0 Å². The van der Waals surface area contributed by atoms with E-state index in [2.05, 4.69) is 21.2 Å². The number of halogens is 2. The third-order valence-electron chi connectivity index (χ3n) is 8.53. The molecule has 0 bridgehead atoms. The number of carbonyl (C=O) groups is 2. The second-order valence-corrected chi connectivity index (χ2v) is 15.2. The molecule has 1 atom stereocenters. The van der Waals surface area contributed by atoms with Crippen LogP contribution in [0.5, 0.6) is 0 Å². The Morgan fingerprint density at radius 3 is 2.21 bits per heavy atom. The van der Waals surface area contributed by atoms with Crippen molar-refractivity contribution in [1.82, 2.24) is 10.2 Å². The smallest absolute Gasteiger partial charge is 0.264 e. The van der Waals surface area contributed by atoms with E-state index in [1.165, 1.54) is 29.2 Å². The number of aryl methyl sites for hydroxylation is 1. The van der Waals surface area contributed by atoms with Crippen molar-refractivity contribution < 1.29 is 18.0 Å². The van der Waals surface area contributed by atoms with Crippen molar-refractivity contribution in [2.24, 2.45) is 0 Å². The first kappa shape index (κ1) is 34.7. The highest BCUT2D eigenvalue weighted by atomic mass is 79.9. The van der Waals surface area contributed by atoms with Crippen molar-refractivity contribution in [3.63, 3.8) is 0 Å². The number of nitrogens with zero attached hydrogens (tertiary/aromatic N) is 2. The molecular weight excluding hydrogens is 698 g/mol. The van der Waals surface area contributed by atoms with Crippen LogP contribution in [0.3, 0.4) is 0 Å². The molecule has 4 aromatic carbocycles. The molecule has 47 heavy (non-hydrogen) atoms. The van der Waals surface area contributed by atoms with Gasteiger partial charge in [-0.05, 0) is 78.9 Å². The van der Waals surface area contributed by atoms with Crippen LogP contribution in [0.2, 0.25) is 5.02 Å². The lowest BCUT2D eigenvalue weighted by Crippen LogP contribution is -2.55. The van der Waals surface area contributed by atoms with E-state index in [0.29, 0.717) is 16.3 Å². The number of anilines is 1. The van der Waals surface area contributed by atoms with Crippen molar-refractivity contribution in [3.8, 4) is 0 Å². The summed E-state index contributed by atoms with van der Waals surface area (Å²) in [7, 11) is -4.21. The van der Waals surface area contributed by atoms with E-state index in [1.807, 2.05) is 60.7 Å². The summed E-state index contributed by atoms with van der Waals surface area (Å²) in [6.07, 6.45) is 5.29. The number of amides is 2. The van der Waals surface area contributed by atoms with E-state index < -0.39 is 28.5 Å². The number of para-hydroxylation sites is 1. The Hall–Kier alpha value is -3.66. The Morgan fingerprint density at radius 1 is 0.872 bits per heavy atom. The van der Waals surface area contributed by atoms with Crippen molar-refractivity contribution >= 4 is 55.1 Å². The quantitative estimate of drug-likeness (QED) is 0.162. The second-order valence-electron chi connectivity index (χ2n) is 12.0. The minimum atomic E-state index is -4.21. The number of benzene rings is 4. The zero-order valence-corrected chi connectivity index (χ0v) is 29.5. The van der Waals surface area contributed by atoms with E-state index in [1.54, 1.807) is 25.1 Å². The Bertz CT molecular complexity index is 1780. The highest BCUT2D eigenvalue weighted by molar-refractivity contribution is 9.10. The molecule has 4 aromatic rings.